The van der Waals surface area contributed by atoms with E-state index in [1.165, 1.54) is 0 Å². The van der Waals surface area contributed by atoms with Gasteiger partial charge in [-0.3, -0.25) is 9.20 Å². The monoisotopic (exact) mass is 306 g/mol. The predicted molar refractivity (Wildman–Crippen MR) is 87.3 cm³/mol. The van der Waals surface area contributed by atoms with Crippen molar-refractivity contribution in [3.05, 3.63) is 65.2 Å². The molecule has 0 aliphatic heterocycles. The van der Waals surface area contributed by atoms with Gasteiger partial charge < -0.3 is 4.74 Å². The van der Waals surface area contributed by atoms with Crippen molar-refractivity contribution < 1.29 is 4.74 Å². The van der Waals surface area contributed by atoms with Gasteiger partial charge >= 0.3 is 0 Å². The molecule has 23 heavy (non-hydrogen) atoms. The van der Waals surface area contributed by atoms with Gasteiger partial charge in [0, 0.05) is 0 Å². The molecule has 0 fully saturated rings. The van der Waals surface area contributed by atoms with Crippen LogP contribution in [0.5, 0.6) is 5.75 Å². The van der Waals surface area contributed by atoms with Gasteiger partial charge in [-0.1, -0.05) is 12.1 Å². The van der Waals surface area contributed by atoms with Crippen LogP contribution in [0.2, 0.25) is 0 Å². The van der Waals surface area contributed by atoms with E-state index in [9.17, 15) is 4.79 Å². The lowest BCUT2D eigenvalue weighted by Crippen LogP contribution is -2.21. The highest BCUT2D eigenvalue weighted by molar-refractivity contribution is 5.80. The molecule has 0 atom stereocenters. The van der Waals surface area contributed by atoms with Gasteiger partial charge in [0.15, 0.2) is 0 Å². The molecule has 0 aliphatic carbocycles. The fraction of sp³-hybridized carbons (Fsp3) is 0.118. The van der Waals surface area contributed by atoms with Crippen molar-refractivity contribution in [1.82, 2.24) is 19.2 Å². The van der Waals surface area contributed by atoms with Crippen LogP contribution in [0.3, 0.4) is 0 Å². The molecule has 6 nitrogen and oxygen atoms in total. The van der Waals surface area contributed by atoms with Crippen LogP contribution >= 0.6 is 0 Å². The Morgan fingerprint density at radius 3 is 2.65 bits per heavy atom. The van der Waals surface area contributed by atoms with Crippen molar-refractivity contribution in [2.75, 3.05) is 6.61 Å². The lowest BCUT2D eigenvalue weighted by atomic mass is 10.2. The topological polar surface area (TPSA) is 61.4 Å². The molecule has 2 heterocycles. The number of ether oxygens (including phenoxy) is 1. The van der Waals surface area contributed by atoms with Crippen molar-refractivity contribution in [3.8, 4) is 11.4 Å². The number of hydrogen-bond acceptors (Lipinski definition) is 4. The summed E-state index contributed by atoms with van der Waals surface area (Å²) < 4.78 is 8.82. The largest absolute Gasteiger partial charge is 0.494 e. The third-order valence-corrected chi connectivity index (χ3v) is 3.73. The first-order valence-electron chi connectivity index (χ1n) is 7.36. The van der Waals surface area contributed by atoms with Gasteiger partial charge in [-0.2, -0.15) is 0 Å². The van der Waals surface area contributed by atoms with E-state index in [0.717, 1.165) is 17.0 Å². The third kappa shape index (κ3) is 2.07. The summed E-state index contributed by atoms with van der Waals surface area (Å²) in [5, 5.41) is 8.68. The van der Waals surface area contributed by atoms with Crippen LogP contribution in [-0.4, -0.2) is 25.8 Å². The number of aromatic nitrogens is 4. The molecule has 0 saturated carbocycles. The molecule has 0 N–H and O–H groups in total. The maximum Gasteiger partial charge on any atom is 0.267 e. The van der Waals surface area contributed by atoms with Crippen LogP contribution in [0.25, 0.3) is 22.4 Å². The van der Waals surface area contributed by atoms with Crippen LogP contribution in [0, 0.1) is 0 Å². The first-order valence-corrected chi connectivity index (χ1v) is 7.36. The van der Waals surface area contributed by atoms with Crippen molar-refractivity contribution in [2.24, 2.45) is 0 Å². The van der Waals surface area contributed by atoms with Crippen LogP contribution in [0.1, 0.15) is 6.92 Å². The number of fused-ring (bicyclic) bond motifs is 3. The van der Waals surface area contributed by atoms with Crippen molar-refractivity contribution in [2.45, 2.75) is 6.92 Å². The van der Waals surface area contributed by atoms with Crippen molar-refractivity contribution >= 4 is 16.7 Å². The second kappa shape index (κ2) is 5.24. The van der Waals surface area contributed by atoms with Gasteiger partial charge in [0.2, 0.25) is 5.78 Å². The molecule has 0 aliphatic rings. The zero-order chi connectivity index (χ0) is 15.8. The minimum atomic E-state index is -0.120. The Morgan fingerprint density at radius 2 is 1.87 bits per heavy atom. The second-order valence-corrected chi connectivity index (χ2v) is 5.09. The number of benzene rings is 2. The molecular weight excluding hydrogens is 292 g/mol. The molecule has 6 heteroatoms. The zero-order valence-electron chi connectivity index (χ0n) is 12.5. The number of nitrogens with zero attached hydrogens (tertiary/aromatic N) is 4. The summed E-state index contributed by atoms with van der Waals surface area (Å²) in [7, 11) is 0. The second-order valence-electron chi connectivity index (χ2n) is 5.09. The smallest absolute Gasteiger partial charge is 0.267 e. The summed E-state index contributed by atoms with van der Waals surface area (Å²) >= 11 is 0. The Kier molecular flexibility index (Phi) is 3.08. The number of hydrogen-bond donors (Lipinski definition) is 0. The Hall–Kier alpha value is -3.15. The molecule has 0 amide bonds. The Morgan fingerprint density at radius 1 is 1.09 bits per heavy atom. The minimum Gasteiger partial charge on any atom is -0.494 e. The molecule has 0 unspecified atom stereocenters. The Bertz CT molecular complexity index is 1050. The predicted octanol–water partition coefficient (Wildman–Crippen LogP) is 2.43. The van der Waals surface area contributed by atoms with E-state index in [1.54, 1.807) is 10.9 Å². The fourth-order valence-corrected chi connectivity index (χ4v) is 2.72. The van der Waals surface area contributed by atoms with E-state index in [4.69, 9.17) is 4.74 Å². The fourth-order valence-electron chi connectivity index (χ4n) is 2.72. The highest BCUT2D eigenvalue weighted by atomic mass is 16.5. The van der Waals surface area contributed by atoms with Crippen molar-refractivity contribution in [1.29, 1.82) is 0 Å². The maximum absolute atomic E-state index is 12.9. The maximum atomic E-state index is 12.9. The molecule has 2 aromatic heterocycles. The molecule has 4 aromatic rings. The summed E-state index contributed by atoms with van der Waals surface area (Å²) in [6.45, 7) is 2.53. The lowest BCUT2D eigenvalue weighted by Gasteiger charge is -2.10. The van der Waals surface area contributed by atoms with E-state index >= 15 is 0 Å². The third-order valence-electron chi connectivity index (χ3n) is 3.73. The lowest BCUT2D eigenvalue weighted by molar-refractivity contribution is 0.340. The van der Waals surface area contributed by atoms with Crippen molar-refractivity contribution in [3.63, 3.8) is 0 Å². The first kappa shape index (κ1) is 13.5. The average molecular weight is 306 g/mol. The first-order chi connectivity index (χ1) is 11.3. The summed E-state index contributed by atoms with van der Waals surface area (Å²) in [5.41, 5.74) is 1.40. The molecule has 2 aromatic carbocycles. The van der Waals surface area contributed by atoms with Crippen LogP contribution in [0.4, 0.5) is 0 Å². The molecule has 114 valence electrons. The zero-order valence-corrected chi connectivity index (χ0v) is 12.5. The standard InChI is InChI=1S/C17H14N4O2/c1-2-23-13-9-7-12(8-10-13)21-16(22)14-5-3-4-6-15(14)20-11-18-19-17(20)21/h3-11H,2H2,1H3. The molecule has 0 spiro atoms. The van der Waals surface area contributed by atoms with E-state index < -0.39 is 0 Å². The van der Waals surface area contributed by atoms with Crippen LogP contribution in [-0.2, 0) is 0 Å². The highest BCUT2D eigenvalue weighted by Crippen LogP contribution is 2.18. The highest BCUT2D eigenvalue weighted by Gasteiger charge is 2.13. The SMILES string of the molecule is CCOc1ccc(-n2c(=O)c3ccccc3n3cnnc23)cc1. The number of para-hydroxylation sites is 1. The van der Waals surface area contributed by atoms with Gasteiger partial charge in [-0.15, -0.1) is 10.2 Å². The van der Waals surface area contributed by atoms with E-state index in [1.807, 2.05) is 59.9 Å². The average Bonchev–Trinajstić information content (AvgIpc) is 3.06. The molecule has 4 rings (SSSR count). The summed E-state index contributed by atoms with van der Waals surface area (Å²) in [4.78, 5) is 12.9. The van der Waals surface area contributed by atoms with Gasteiger partial charge in [0.25, 0.3) is 5.56 Å². The summed E-state index contributed by atoms with van der Waals surface area (Å²) in [5.74, 6) is 1.25. The van der Waals surface area contributed by atoms with Gasteiger partial charge in [0.05, 0.1) is 23.2 Å². The Balaban J connectivity index is 2.03. The normalized spacial score (nSPS) is 11.2. The van der Waals surface area contributed by atoms with Gasteiger partial charge in [0.1, 0.15) is 12.1 Å². The molecule has 0 saturated heterocycles. The van der Waals surface area contributed by atoms with Crippen LogP contribution < -0.4 is 10.3 Å². The molecule has 0 bridgehead atoms. The molecular formula is C17H14N4O2. The number of rotatable bonds is 3. The van der Waals surface area contributed by atoms with Gasteiger partial charge in [-0.05, 0) is 43.3 Å². The van der Waals surface area contributed by atoms with E-state index in [-0.39, 0.29) is 5.56 Å². The van der Waals surface area contributed by atoms with E-state index in [2.05, 4.69) is 10.2 Å². The summed E-state index contributed by atoms with van der Waals surface area (Å²) in [6, 6.07) is 14.8. The van der Waals surface area contributed by atoms with E-state index in [0.29, 0.717) is 17.8 Å². The summed E-state index contributed by atoms with van der Waals surface area (Å²) in [6.07, 6.45) is 1.61. The molecule has 0 radical (unpaired) electrons. The quantitative estimate of drug-likeness (QED) is 0.583. The Labute approximate surface area is 131 Å². The van der Waals surface area contributed by atoms with Crippen LogP contribution in [0.15, 0.2) is 59.7 Å². The van der Waals surface area contributed by atoms with Gasteiger partial charge in [-0.25, -0.2) is 4.57 Å². The minimum absolute atomic E-state index is 0.120.